The van der Waals surface area contributed by atoms with Crippen LogP contribution >= 0.6 is 0 Å². The molecule has 28 heavy (non-hydrogen) atoms. The maximum absolute atomic E-state index is 12.7. The van der Waals surface area contributed by atoms with Crippen LogP contribution < -0.4 is 5.32 Å². The van der Waals surface area contributed by atoms with Crippen LogP contribution in [0.15, 0.2) is 84.4 Å². The zero-order chi connectivity index (χ0) is 19.2. The molecule has 0 saturated carbocycles. The smallest absolute Gasteiger partial charge is 0.323 e. The standard InChI is InChI=1S/C22H23N5O/c28-22-25-21(24-16-18-8-3-1-4-9-18)20(19-10-5-2-6-11-19)27(22)14-7-13-26-15-12-23-17-26/h1-6,8-12,15,17,20H,7,13-14,16H2,(H,24,25,28). The van der Waals surface area contributed by atoms with Gasteiger partial charge in [0.25, 0.3) is 0 Å². The number of aliphatic imine (C=N–C) groups is 1. The van der Waals surface area contributed by atoms with Crippen LogP contribution in [0.4, 0.5) is 4.79 Å². The molecule has 0 aliphatic carbocycles. The molecule has 1 fully saturated rings. The zero-order valence-corrected chi connectivity index (χ0v) is 15.6. The van der Waals surface area contributed by atoms with E-state index >= 15 is 0 Å². The fraction of sp³-hybridized carbons (Fsp3) is 0.227. The molecular formula is C22H23N5O. The summed E-state index contributed by atoms with van der Waals surface area (Å²) in [5.74, 6) is 0.711. The largest absolute Gasteiger partial charge is 0.337 e. The number of hydrogen-bond acceptors (Lipinski definition) is 3. The summed E-state index contributed by atoms with van der Waals surface area (Å²) in [5.41, 5.74) is 2.19. The molecule has 1 atom stereocenters. The van der Waals surface area contributed by atoms with Gasteiger partial charge in [0.1, 0.15) is 11.9 Å². The van der Waals surface area contributed by atoms with E-state index in [0.29, 0.717) is 18.9 Å². The minimum atomic E-state index is -0.180. The number of carbonyl (C=O) groups excluding carboxylic acids is 1. The van der Waals surface area contributed by atoms with Crippen molar-refractivity contribution in [2.24, 2.45) is 4.99 Å². The number of benzene rings is 2. The van der Waals surface area contributed by atoms with Crippen molar-refractivity contribution >= 4 is 11.9 Å². The van der Waals surface area contributed by atoms with Gasteiger partial charge >= 0.3 is 6.03 Å². The lowest BCUT2D eigenvalue weighted by atomic mass is 10.1. The third-order valence-corrected chi connectivity index (χ3v) is 4.83. The normalized spacial score (nSPS) is 17.9. The Morgan fingerprint density at radius 1 is 1.00 bits per heavy atom. The quantitative estimate of drug-likeness (QED) is 0.687. The lowest BCUT2D eigenvalue weighted by Gasteiger charge is -2.23. The van der Waals surface area contributed by atoms with E-state index in [-0.39, 0.29) is 12.1 Å². The summed E-state index contributed by atoms with van der Waals surface area (Å²) >= 11 is 0. The van der Waals surface area contributed by atoms with Gasteiger partial charge in [0.05, 0.1) is 12.9 Å². The second-order valence-corrected chi connectivity index (χ2v) is 6.78. The zero-order valence-electron chi connectivity index (χ0n) is 15.6. The average molecular weight is 373 g/mol. The number of imidazole rings is 1. The summed E-state index contributed by atoms with van der Waals surface area (Å²) in [7, 11) is 0. The van der Waals surface area contributed by atoms with Crippen molar-refractivity contribution in [1.82, 2.24) is 19.8 Å². The monoisotopic (exact) mass is 373 g/mol. The molecule has 2 amide bonds. The van der Waals surface area contributed by atoms with Crippen molar-refractivity contribution < 1.29 is 4.79 Å². The van der Waals surface area contributed by atoms with Gasteiger partial charge in [-0.15, -0.1) is 0 Å². The van der Waals surface area contributed by atoms with Crippen molar-refractivity contribution in [1.29, 1.82) is 0 Å². The summed E-state index contributed by atoms with van der Waals surface area (Å²) in [6.45, 7) is 2.01. The van der Waals surface area contributed by atoms with Crippen LogP contribution in [0.2, 0.25) is 0 Å². The Kier molecular flexibility index (Phi) is 5.47. The second kappa shape index (κ2) is 8.52. The SMILES string of the molecule is O=C1N/C(=N\Cc2ccccc2)C(c2ccccc2)N1CCCn1ccnc1. The van der Waals surface area contributed by atoms with E-state index in [9.17, 15) is 4.79 Å². The van der Waals surface area contributed by atoms with Gasteiger partial charge in [0.15, 0.2) is 0 Å². The summed E-state index contributed by atoms with van der Waals surface area (Å²) in [6.07, 6.45) is 6.35. The molecule has 142 valence electrons. The number of aromatic nitrogens is 2. The third kappa shape index (κ3) is 4.11. The summed E-state index contributed by atoms with van der Waals surface area (Å²) in [4.78, 5) is 23.4. The Labute approximate surface area is 164 Å². The molecule has 2 aromatic carbocycles. The van der Waals surface area contributed by atoms with E-state index in [1.165, 1.54) is 0 Å². The molecule has 1 N–H and O–H groups in total. The molecule has 3 aromatic rings. The topological polar surface area (TPSA) is 62.5 Å². The molecule has 0 bridgehead atoms. The molecule has 6 heteroatoms. The van der Waals surface area contributed by atoms with Crippen LogP contribution in [-0.2, 0) is 13.1 Å². The van der Waals surface area contributed by atoms with Crippen LogP contribution in [0, 0.1) is 0 Å². The molecule has 1 unspecified atom stereocenters. The predicted molar refractivity (Wildman–Crippen MR) is 109 cm³/mol. The van der Waals surface area contributed by atoms with Crippen molar-refractivity contribution in [3.05, 3.63) is 90.5 Å². The molecule has 0 radical (unpaired) electrons. The van der Waals surface area contributed by atoms with Crippen molar-refractivity contribution in [3.8, 4) is 0 Å². The predicted octanol–water partition coefficient (Wildman–Crippen LogP) is 3.64. The van der Waals surface area contributed by atoms with Gasteiger partial charge in [-0.3, -0.25) is 10.3 Å². The van der Waals surface area contributed by atoms with Crippen molar-refractivity contribution in [2.45, 2.75) is 25.6 Å². The average Bonchev–Trinajstić information content (AvgIpc) is 3.36. The Morgan fingerprint density at radius 3 is 2.46 bits per heavy atom. The Bertz CT molecular complexity index is 922. The molecular weight excluding hydrogens is 350 g/mol. The fourth-order valence-corrected chi connectivity index (χ4v) is 3.45. The molecule has 0 spiro atoms. The van der Waals surface area contributed by atoms with Crippen molar-refractivity contribution in [2.75, 3.05) is 6.54 Å². The molecule has 2 heterocycles. The van der Waals surface area contributed by atoms with Crippen LogP contribution in [0.25, 0.3) is 0 Å². The van der Waals surface area contributed by atoms with E-state index < -0.39 is 0 Å². The number of nitrogens with zero attached hydrogens (tertiary/aromatic N) is 4. The molecule has 6 nitrogen and oxygen atoms in total. The molecule has 1 saturated heterocycles. The maximum atomic E-state index is 12.7. The van der Waals surface area contributed by atoms with Crippen LogP contribution in [0.1, 0.15) is 23.6 Å². The number of urea groups is 1. The number of hydrogen-bond donors (Lipinski definition) is 1. The number of aryl methyl sites for hydroxylation is 1. The van der Waals surface area contributed by atoms with E-state index in [0.717, 1.165) is 24.1 Å². The molecule has 1 aliphatic rings. The van der Waals surface area contributed by atoms with Gasteiger partial charge in [-0.05, 0) is 17.5 Å². The Hall–Kier alpha value is -3.41. The van der Waals surface area contributed by atoms with Gasteiger partial charge in [-0.1, -0.05) is 60.7 Å². The van der Waals surface area contributed by atoms with Crippen LogP contribution in [-0.4, -0.2) is 32.9 Å². The highest BCUT2D eigenvalue weighted by atomic mass is 16.2. The maximum Gasteiger partial charge on any atom is 0.323 e. The van der Waals surface area contributed by atoms with Crippen molar-refractivity contribution in [3.63, 3.8) is 0 Å². The third-order valence-electron chi connectivity index (χ3n) is 4.83. The lowest BCUT2D eigenvalue weighted by Crippen LogP contribution is -2.31. The summed E-state index contributed by atoms with van der Waals surface area (Å²) < 4.78 is 2.02. The van der Waals surface area contributed by atoms with Crippen LogP contribution in [0.5, 0.6) is 0 Å². The number of nitrogens with one attached hydrogen (secondary N) is 1. The number of amidine groups is 1. The van der Waals surface area contributed by atoms with Gasteiger partial charge in [-0.25, -0.2) is 9.78 Å². The summed E-state index contributed by atoms with van der Waals surface area (Å²) in [6, 6.07) is 19.9. The highest BCUT2D eigenvalue weighted by Crippen LogP contribution is 2.27. The lowest BCUT2D eigenvalue weighted by molar-refractivity contribution is 0.204. The fourth-order valence-electron chi connectivity index (χ4n) is 3.45. The minimum Gasteiger partial charge on any atom is -0.337 e. The highest BCUT2D eigenvalue weighted by molar-refractivity contribution is 6.07. The van der Waals surface area contributed by atoms with Gasteiger partial charge in [-0.2, -0.15) is 0 Å². The van der Waals surface area contributed by atoms with E-state index in [4.69, 9.17) is 4.99 Å². The summed E-state index contributed by atoms with van der Waals surface area (Å²) in [5, 5.41) is 2.98. The van der Waals surface area contributed by atoms with Gasteiger partial charge in [0, 0.05) is 25.5 Å². The first-order valence-corrected chi connectivity index (χ1v) is 9.48. The highest BCUT2D eigenvalue weighted by Gasteiger charge is 2.37. The molecule has 1 aliphatic heterocycles. The van der Waals surface area contributed by atoms with E-state index in [1.54, 1.807) is 12.5 Å². The molecule has 1 aromatic heterocycles. The van der Waals surface area contributed by atoms with E-state index in [2.05, 4.69) is 10.3 Å². The van der Waals surface area contributed by atoms with Crippen LogP contribution in [0.3, 0.4) is 0 Å². The Morgan fingerprint density at radius 2 is 1.75 bits per heavy atom. The first-order valence-electron chi connectivity index (χ1n) is 9.48. The number of amides is 2. The number of rotatable bonds is 7. The first-order chi connectivity index (χ1) is 13.8. The second-order valence-electron chi connectivity index (χ2n) is 6.78. The van der Waals surface area contributed by atoms with Gasteiger partial charge < -0.3 is 9.47 Å². The first kappa shape index (κ1) is 18.0. The molecule has 4 rings (SSSR count). The van der Waals surface area contributed by atoms with E-state index in [1.807, 2.05) is 76.3 Å². The number of carbonyl (C=O) groups is 1. The minimum absolute atomic E-state index is 0.0914. The van der Waals surface area contributed by atoms with Gasteiger partial charge in [0.2, 0.25) is 0 Å². The Balaban J connectivity index is 1.53.